The first-order valence-corrected chi connectivity index (χ1v) is 7.84. The average molecular weight is 434 g/mol. The van der Waals surface area contributed by atoms with E-state index in [-0.39, 0.29) is 11.4 Å². The lowest BCUT2D eigenvalue weighted by molar-refractivity contribution is -0.143. The van der Waals surface area contributed by atoms with Gasteiger partial charge in [0.25, 0.3) is 5.91 Å². The van der Waals surface area contributed by atoms with Crippen LogP contribution in [0.15, 0.2) is 41.1 Å². The van der Waals surface area contributed by atoms with Crippen molar-refractivity contribution < 1.29 is 40.1 Å². The molecule has 0 aliphatic heterocycles. The Morgan fingerprint density at radius 1 is 1.00 bits per heavy atom. The van der Waals surface area contributed by atoms with Gasteiger partial charge >= 0.3 is 12.4 Å². The van der Waals surface area contributed by atoms with Gasteiger partial charge in [0.15, 0.2) is 5.69 Å². The van der Waals surface area contributed by atoms with E-state index in [9.17, 15) is 35.5 Å². The summed E-state index contributed by atoms with van der Waals surface area (Å²) in [7, 11) is 0. The Morgan fingerprint density at radius 2 is 1.70 bits per heavy atom. The van der Waals surface area contributed by atoms with E-state index in [1.54, 1.807) is 0 Å². The number of carbonyl (C=O) groups excluding carboxylic acids is 1. The molecule has 0 aliphatic rings. The number of amides is 1. The number of hydrogen-bond acceptors (Lipinski definition) is 5. The molecule has 0 fully saturated rings. The fourth-order valence-corrected chi connectivity index (χ4v) is 2.54. The third kappa shape index (κ3) is 4.18. The molecule has 158 valence electrons. The predicted molar refractivity (Wildman–Crippen MR) is 88.5 cm³/mol. The van der Waals surface area contributed by atoms with E-state index < -0.39 is 52.3 Å². The highest BCUT2D eigenvalue weighted by molar-refractivity contribution is 6.04. The van der Waals surface area contributed by atoms with Gasteiger partial charge in [0.1, 0.15) is 29.3 Å². The van der Waals surface area contributed by atoms with Crippen molar-refractivity contribution in [3.8, 4) is 11.1 Å². The van der Waals surface area contributed by atoms with Crippen LogP contribution in [-0.4, -0.2) is 16.0 Å². The largest absolute Gasteiger partial charge is 0.437 e. The highest BCUT2D eigenvalue weighted by Gasteiger charge is 2.39. The SMILES string of the molecule is Nc1nc(NC(=O)c2conc2C(F)(F)F)ccc1-c1cc(F)ccc1C(F)(F)F. The van der Waals surface area contributed by atoms with Crippen LogP contribution >= 0.6 is 0 Å². The highest BCUT2D eigenvalue weighted by Crippen LogP contribution is 2.39. The first-order valence-electron chi connectivity index (χ1n) is 7.84. The molecule has 30 heavy (non-hydrogen) atoms. The first kappa shape index (κ1) is 21.1. The molecule has 0 radical (unpaired) electrons. The zero-order valence-electron chi connectivity index (χ0n) is 14.4. The van der Waals surface area contributed by atoms with Gasteiger partial charge < -0.3 is 15.6 Å². The number of nitrogen functional groups attached to an aromatic ring is 1. The van der Waals surface area contributed by atoms with Gasteiger partial charge in [-0.25, -0.2) is 9.37 Å². The summed E-state index contributed by atoms with van der Waals surface area (Å²) in [6, 6.07) is 3.78. The molecule has 6 nitrogen and oxygen atoms in total. The van der Waals surface area contributed by atoms with Gasteiger partial charge in [0, 0.05) is 11.1 Å². The van der Waals surface area contributed by atoms with Crippen LogP contribution in [0.4, 0.5) is 42.4 Å². The average Bonchev–Trinajstić information content (AvgIpc) is 3.11. The van der Waals surface area contributed by atoms with E-state index in [0.717, 1.165) is 12.1 Å². The topological polar surface area (TPSA) is 94.0 Å². The maximum atomic E-state index is 13.5. The molecule has 1 amide bonds. The summed E-state index contributed by atoms with van der Waals surface area (Å²) in [6.07, 6.45) is -9.30. The molecule has 0 atom stereocenters. The fourth-order valence-electron chi connectivity index (χ4n) is 2.54. The summed E-state index contributed by atoms with van der Waals surface area (Å²) in [5.41, 5.74) is 1.08. The van der Waals surface area contributed by atoms with Crippen LogP contribution in [0.2, 0.25) is 0 Å². The third-order valence-electron chi connectivity index (χ3n) is 3.83. The van der Waals surface area contributed by atoms with Crippen molar-refractivity contribution in [3.63, 3.8) is 0 Å². The summed E-state index contributed by atoms with van der Waals surface area (Å²) in [4.78, 5) is 15.7. The van der Waals surface area contributed by atoms with Gasteiger partial charge in [-0.15, -0.1) is 0 Å². The van der Waals surface area contributed by atoms with Gasteiger partial charge in [-0.3, -0.25) is 4.79 Å². The number of anilines is 2. The first-order chi connectivity index (χ1) is 13.9. The Balaban J connectivity index is 1.94. The number of aromatic nitrogens is 2. The molecule has 3 rings (SSSR count). The molecule has 3 N–H and O–H groups in total. The Kier molecular flexibility index (Phi) is 5.14. The van der Waals surface area contributed by atoms with Crippen molar-refractivity contribution in [3.05, 3.63) is 59.2 Å². The van der Waals surface area contributed by atoms with Gasteiger partial charge in [-0.05, 0) is 30.3 Å². The Morgan fingerprint density at radius 3 is 2.30 bits per heavy atom. The number of pyridine rings is 1. The van der Waals surface area contributed by atoms with Crippen molar-refractivity contribution in [2.24, 2.45) is 0 Å². The number of carbonyl (C=O) groups is 1. The molecule has 13 heteroatoms. The minimum Gasteiger partial charge on any atom is -0.383 e. The van der Waals surface area contributed by atoms with Crippen LogP contribution < -0.4 is 11.1 Å². The Bertz CT molecular complexity index is 1110. The van der Waals surface area contributed by atoms with Crippen molar-refractivity contribution in [2.75, 3.05) is 11.1 Å². The number of alkyl halides is 6. The predicted octanol–water partition coefficient (Wildman–Crippen LogP) is 4.75. The Labute approximate surface area is 162 Å². The van der Waals surface area contributed by atoms with Crippen LogP contribution in [0.3, 0.4) is 0 Å². The molecule has 0 saturated carbocycles. The second-order valence-electron chi connectivity index (χ2n) is 5.85. The van der Waals surface area contributed by atoms with E-state index in [1.165, 1.54) is 0 Å². The quantitative estimate of drug-likeness (QED) is 0.581. The molecular weight excluding hydrogens is 425 g/mol. The lowest BCUT2D eigenvalue weighted by Crippen LogP contribution is -2.18. The lowest BCUT2D eigenvalue weighted by Gasteiger charge is -2.15. The van der Waals surface area contributed by atoms with Crippen molar-refractivity contribution in [1.82, 2.24) is 10.1 Å². The fraction of sp³-hybridized carbons (Fsp3) is 0.118. The second-order valence-corrected chi connectivity index (χ2v) is 5.85. The summed E-state index contributed by atoms with van der Waals surface area (Å²) in [5.74, 6) is -3.13. The zero-order chi connectivity index (χ0) is 22.3. The van der Waals surface area contributed by atoms with Crippen LogP contribution in [0, 0.1) is 5.82 Å². The number of rotatable bonds is 3. The summed E-state index contributed by atoms with van der Waals surface area (Å²) in [5, 5.41) is 4.72. The molecule has 1 aromatic carbocycles. The summed E-state index contributed by atoms with van der Waals surface area (Å²) >= 11 is 0. The van der Waals surface area contributed by atoms with Crippen LogP contribution in [-0.2, 0) is 12.4 Å². The highest BCUT2D eigenvalue weighted by atomic mass is 19.4. The second kappa shape index (κ2) is 7.31. The monoisotopic (exact) mass is 434 g/mol. The van der Waals surface area contributed by atoms with E-state index in [4.69, 9.17) is 5.73 Å². The molecule has 3 aromatic rings. The summed E-state index contributed by atoms with van der Waals surface area (Å²) < 4.78 is 95.6. The number of halogens is 7. The number of benzene rings is 1. The van der Waals surface area contributed by atoms with Crippen molar-refractivity contribution in [2.45, 2.75) is 12.4 Å². The molecule has 0 bridgehead atoms. The van der Waals surface area contributed by atoms with Crippen molar-refractivity contribution >= 4 is 17.5 Å². The standard InChI is InChI=1S/C17H9F7N4O2/c18-7-1-3-11(16(19,20)21)9(5-7)8-2-4-12(26-14(8)25)27-15(29)10-6-30-28-13(10)17(22,23)24/h1-6H,(H3,25,26,27,29). The minimum absolute atomic E-state index is 0.291. The van der Waals surface area contributed by atoms with E-state index in [2.05, 4.69) is 14.7 Å². The van der Waals surface area contributed by atoms with Crippen LogP contribution in [0.1, 0.15) is 21.6 Å². The van der Waals surface area contributed by atoms with Gasteiger partial charge in [0.05, 0.1) is 5.56 Å². The number of nitrogens with two attached hydrogens (primary N) is 1. The van der Waals surface area contributed by atoms with Crippen molar-refractivity contribution in [1.29, 1.82) is 0 Å². The molecule has 0 aliphatic carbocycles. The third-order valence-corrected chi connectivity index (χ3v) is 3.83. The van der Waals surface area contributed by atoms with E-state index >= 15 is 0 Å². The molecule has 2 heterocycles. The molecule has 2 aromatic heterocycles. The van der Waals surface area contributed by atoms with Crippen LogP contribution in [0.25, 0.3) is 11.1 Å². The summed E-state index contributed by atoms with van der Waals surface area (Å²) in [6.45, 7) is 0. The molecule has 0 saturated heterocycles. The smallest absolute Gasteiger partial charge is 0.383 e. The van der Waals surface area contributed by atoms with E-state index in [0.29, 0.717) is 24.5 Å². The number of nitrogens with zero attached hydrogens (tertiary/aromatic N) is 2. The lowest BCUT2D eigenvalue weighted by atomic mass is 9.99. The maximum Gasteiger partial charge on any atom is 0.437 e. The van der Waals surface area contributed by atoms with E-state index in [1.807, 2.05) is 5.32 Å². The van der Waals surface area contributed by atoms with Crippen LogP contribution in [0.5, 0.6) is 0 Å². The zero-order valence-corrected chi connectivity index (χ0v) is 14.4. The Hall–Kier alpha value is -3.64. The maximum absolute atomic E-state index is 13.5. The molecule has 0 unspecified atom stereocenters. The minimum atomic E-state index is -4.96. The van der Waals surface area contributed by atoms with Gasteiger partial charge in [0.2, 0.25) is 0 Å². The number of nitrogens with one attached hydrogen (secondary N) is 1. The normalized spacial score (nSPS) is 12.1. The number of hydrogen-bond donors (Lipinski definition) is 2. The van der Waals surface area contributed by atoms with Gasteiger partial charge in [-0.1, -0.05) is 5.16 Å². The molecular formula is C17H9F7N4O2. The molecule has 0 spiro atoms. The van der Waals surface area contributed by atoms with Gasteiger partial charge in [-0.2, -0.15) is 26.3 Å².